The molecule has 0 aliphatic heterocycles. The summed E-state index contributed by atoms with van der Waals surface area (Å²) >= 11 is 0. The second-order valence-electron chi connectivity index (χ2n) is 5.84. The minimum absolute atomic E-state index is 0.520. The first kappa shape index (κ1) is 17.7. The Morgan fingerprint density at radius 2 is 1.28 bits per heavy atom. The maximum absolute atomic E-state index is 2.56. The van der Waals surface area contributed by atoms with Gasteiger partial charge in [-0.1, -0.05) is 84.8 Å². The van der Waals surface area contributed by atoms with E-state index in [0.717, 1.165) is 0 Å². The van der Waals surface area contributed by atoms with Gasteiger partial charge in [0.15, 0.2) is 0 Å². The first-order valence-electron chi connectivity index (χ1n) is 8.42. The third-order valence-electron chi connectivity index (χ3n) is 3.98. The fourth-order valence-corrected chi connectivity index (χ4v) is 3.07. The highest BCUT2D eigenvalue weighted by Crippen LogP contribution is 2.37. The van der Waals surface area contributed by atoms with Gasteiger partial charge >= 0.3 is 0 Å². The van der Waals surface area contributed by atoms with Crippen LogP contribution in [0.1, 0.15) is 98.3 Å². The molecule has 0 unspecified atom stereocenters. The molecule has 0 N–H and O–H groups in total. The van der Waals surface area contributed by atoms with Crippen molar-refractivity contribution in [3.8, 4) is 0 Å². The maximum Gasteiger partial charge on any atom is -0.0118 e. The normalized spacial score (nSPS) is 12.4. The van der Waals surface area contributed by atoms with Crippen molar-refractivity contribution in [1.82, 2.24) is 0 Å². The van der Waals surface area contributed by atoms with Gasteiger partial charge in [0.25, 0.3) is 0 Å². The minimum Gasteiger partial charge on any atom is -0.0883 e. The Kier molecular flexibility index (Phi) is 11.6. The number of hydrogen-bond acceptors (Lipinski definition) is 0. The van der Waals surface area contributed by atoms with Crippen LogP contribution in [0.3, 0.4) is 0 Å². The molecule has 0 amide bonds. The Morgan fingerprint density at radius 3 is 1.78 bits per heavy atom. The summed E-state index contributed by atoms with van der Waals surface area (Å²) in [4.78, 5) is 0. The second kappa shape index (κ2) is 11.8. The van der Waals surface area contributed by atoms with Crippen LogP contribution in [0, 0.1) is 5.41 Å². The predicted molar refractivity (Wildman–Crippen MR) is 85.1 cm³/mol. The molecule has 0 bridgehead atoms. The molecule has 0 radical (unpaired) electrons. The molecule has 108 valence electrons. The lowest BCUT2D eigenvalue weighted by Gasteiger charge is -2.30. The Labute approximate surface area is 116 Å². The van der Waals surface area contributed by atoms with Gasteiger partial charge < -0.3 is 0 Å². The molecular weight excluding hydrogens is 216 g/mol. The summed E-state index contributed by atoms with van der Waals surface area (Å²) < 4.78 is 0. The molecule has 0 fully saturated rings. The summed E-state index contributed by atoms with van der Waals surface area (Å²) in [5.41, 5.74) is 0.520. The van der Waals surface area contributed by atoms with E-state index < -0.39 is 0 Å². The molecule has 0 heteroatoms. The van der Waals surface area contributed by atoms with Gasteiger partial charge in [0.1, 0.15) is 0 Å². The van der Waals surface area contributed by atoms with E-state index in [-0.39, 0.29) is 0 Å². The second-order valence-corrected chi connectivity index (χ2v) is 5.84. The SMILES string of the molecule is CCC=CC(CCC)(CCC)CCCCCCC. The first-order valence-corrected chi connectivity index (χ1v) is 8.42. The third-order valence-corrected chi connectivity index (χ3v) is 3.98. The van der Waals surface area contributed by atoms with Crippen molar-refractivity contribution in [2.45, 2.75) is 98.3 Å². The highest BCUT2D eigenvalue weighted by molar-refractivity contribution is 4.99. The molecule has 0 nitrogen and oxygen atoms in total. The monoisotopic (exact) mass is 252 g/mol. The summed E-state index contributed by atoms with van der Waals surface area (Å²) in [7, 11) is 0. The van der Waals surface area contributed by atoms with Gasteiger partial charge in [-0.3, -0.25) is 0 Å². The topological polar surface area (TPSA) is 0 Å². The smallest absolute Gasteiger partial charge is 0.0118 e. The van der Waals surface area contributed by atoms with E-state index in [4.69, 9.17) is 0 Å². The summed E-state index contributed by atoms with van der Waals surface area (Å²) in [5.74, 6) is 0. The zero-order valence-corrected chi connectivity index (χ0v) is 13.4. The van der Waals surface area contributed by atoms with E-state index in [9.17, 15) is 0 Å². The summed E-state index contributed by atoms with van der Waals surface area (Å²) in [6.45, 7) is 9.21. The maximum atomic E-state index is 2.56. The molecule has 18 heavy (non-hydrogen) atoms. The number of unbranched alkanes of at least 4 members (excludes halogenated alkanes) is 4. The molecule has 0 saturated heterocycles. The summed E-state index contributed by atoms with van der Waals surface area (Å²) in [6, 6.07) is 0. The Balaban J connectivity index is 4.27. The largest absolute Gasteiger partial charge is 0.0883 e. The Morgan fingerprint density at radius 1 is 0.667 bits per heavy atom. The van der Waals surface area contributed by atoms with E-state index in [1.165, 1.54) is 70.6 Å². The third kappa shape index (κ3) is 7.95. The van der Waals surface area contributed by atoms with E-state index in [1.54, 1.807) is 0 Å². The van der Waals surface area contributed by atoms with Crippen LogP contribution < -0.4 is 0 Å². The molecule has 0 aromatic rings. The van der Waals surface area contributed by atoms with Crippen LogP contribution in [0.25, 0.3) is 0 Å². The Bertz CT molecular complexity index is 184. The van der Waals surface area contributed by atoms with Crippen molar-refractivity contribution in [2.75, 3.05) is 0 Å². The van der Waals surface area contributed by atoms with Gasteiger partial charge in [0, 0.05) is 0 Å². The fraction of sp³-hybridized carbons (Fsp3) is 0.889. The molecule has 0 heterocycles. The van der Waals surface area contributed by atoms with Crippen LogP contribution in [-0.4, -0.2) is 0 Å². The summed E-state index contributed by atoms with van der Waals surface area (Å²) in [6.07, 6.45) is 20.0. The average Bonchev–Trinajstić information content (AvgIpc) is 2.37. The molecule has 0 atom stereocenters. The van der Waals surface area contributed by atoms with Crippen LogP contribution in [0.15, 0.2) is 12.2 Å². The standard InChI is InChI=1S/C18H36/c1-5-9-11-12-13-17-18(14-7-3,15-8-4)16-10-6-2/h10,16H,5-9,11-15,17H2,1-4H3. The highest BCUT2D eigenvalue weighted by atomic mass is 14.3. The molecule has 0 aromatic carbocycles. The molecule has 0 saturated carbocycles. The average molecular weight is 252 g/mol. The lowest BCUT2D eigenvalue weighted by atomic mass is 9.74. The van der Waals surface area contributed by atoms with Gasteiger partial charge in [0.2, 0.25) is 0 Å². The zero-order valence-electron chi connectivity index (χ0n) is 13.4. The van der Waals surface area contributed by atoms with Crippen molar-refractivity contribution < 1.29 is 0 Å². The minimum atomic E-state index is 0.520. The van der Waals surface area contributed by atoms with Crippen LogP contribution in [0.2, 0.25) is 0 Å². The predicted octanol–water partition coefficient (Wildman–Crippen LogP) is 6.90. The van der Waals surface area contributed by atoms with Crippen LogP contribution in [0.5, 0.6) is 0 Å². The van der Waals surface area contributed by atoms with Gasteiger partial charge in [0.05, 0.1) is 0 Å². The van der Waals surface area contributed by atoms with Crippen molar-refractivity contribution in [1.29, 1.82) is 0 Å². The van der Waals surface area contributed by atoms with E-state index in [2.05, 4.69) is 39.8 Å². The van der Waals surface area contributed by atoms with Crippen molar-refractivity contribution >= 4 is 0 Å². The molecule has 0 aliphatic carbocycles. The highest BCUT2D eigenvalue weighted by Gasteiger charge is 2.24. The van der Waals surface area contributed by atoms with Crippen LogP contribution in [-0.2, 0) is 0 Å². The first-order chi connectivity index (χ1) is 8.74. The molecule has 0 rings (SSSR count). The zero-order chi connectivity index (χ0) is 13.7. The number of hydrogen-bond donors (Lipinski definition) is 0. The molecular formula is C18H36. The van der Waals surface area contributed by atoms with Gasteiger partial charge in [-0.25, -0.2) is 0 Å². The summed E-state index contributed by atoms with van der Waals surface area (Å²) in [5, 5.41) is 0. The lowest BCUT2D eigenvalue weighted by molar-refractivity contribution is 0.279. The number of allylic oxidation sites excluding steroid dienone is 2. The van der Waals surface area contributed by atoms with E-state index in [1.807, 2.05) is 0 Å². The van der Waals surface area contributed by atoms with Crippen LogP contribution >= 0.6 is 0 Å². The Hall–Kier alpha value is -0.260. The van der Waals surface area contributed by atoms with Gasteiger partial charge in [-0.15, -0.1) is 0 Å². The van der Waals surface area contributed by atoms with Crippen molar-refractivity contribution in [3.05, 3.63) is 12.2 Å². The van der Waals surface area contributed by atoms with Gasteiger partial charge in [-0.2, -0.15) is 0 Å². The quantitative estimate of drug-likeness (QED) is 0.262. The molecule has 0 spiro atoms. The molecule has 0 aliphatic rings. The van der Waals surface area contributed by atoms with Gasteiger partial charge in [-0.05, 0) is 31.1 Å². The van der Waals surface area contributed by atoms with E-state index >= 15 is 0 Å². The van der Waals surface area contributed by atoms with Crippen LogP contribution in [0.4, 0.5) is 0 Å². The van der Waals surface area contributed by atoms with E-state index in [0.29, 0.717) is 5.41 Å². The number of rotatable bonds is 12. The molecule has 0 aromatic heterocycles. The fourth-order valence-electron chi connectivity index (χ4n) is 3.07. The van der Waals surface area contributed by atoms with Crippen molar-refractivity contribution in [2.24, 2.45) is 5.41 Å². The van der Waals surface area contributed by atoms with Crippen molar-refractivity contribution in [3.63, 3.8) is 0 Å². The lowest BCUT2D eigenvalue weighted by Crippen LogP contribution is -2.17.